The fourth-order valence-corrected chi connectivity index (χ4v) is 2.24. The molecule has 0 saturated heterocycles. The highest BCUT2D eigenvalue weighted by molar-refractivity contribution is 5.94. The lowest BCUT2D eigenvalue weighted by molar-refractivity contribution is 0.0204. The number of rotatable bonds is 6. The Balaban J connectivity index is 2.10. The van der Waals surface area contributed by atoms with Crippen LogP contribution in [-0.4, -0.2) is 34.6 Å². The zero-order valence-corrected chi connectivity index (χ0v) is 11.9. The number of carboxylic acid groups (broad SMARTS) is 1. The van der Waals surface area contributed by atoms with E-state index in [1.165, 1.54) is 0 Å². The molecule has 1 heterocycles. The zero-order valence-electron chi connectivity index (χ0n) is 11.9. The van der Waals surface area contributed by atoms with Crippen molar-refractivity contribution in [2.24, 2.45) is 0 Å². The van der Waals surface area contributed by atoms with E-state index in [2.05, 4.69) is 10.3 Å². The number of hydrogen-bond donors (Lipinski definition) is 3. The van der Waals surface area contributed by atoms with Crippen molar-refractivity contribution in [3.05, 3.63) is 35.5 Å². The SMILES string of the molecule is C[C@H](Cc1c[nH]c2cc(C(=O)O)ccc12)NCC(C)(F)F. The van der Waals surface area contributed by atoms with Gasteiger partial charge >= 0.3 is 5.97 Å². The van der Waals surface area contributed by atoms with Gasteiger partial charge in [0.1, 0.15) is 0 Å². The van der Waals surface area contributed by atoms with E-state index in [9.17, 15) is 13.6 Å². The Labute approximate surface area is 121 Å². The van der Waals surface area contributed by atoms with Crippen LogP contribution in [-0.2, 0) is 6.42 Å². The van der Waals surface area contributed by atoms with Crippen LogP contribution < -0.4 is 5.32 Å². The van der Waals surface area contributed by atoms with Crippen LogP contribution in [0.5, 0.6) is 0 Å². The van der Waals surface area contributed by atoms with Crippen LogP contribution in [0.15, 0.2) is 24.4 Å². The maximum atomic E-state index is 12.8. The Bertz CT molecular complexity index is 647. The predicted molar refractivity (Wildman–Crippen MR) is 77.0 cm³/mol. The molecule has 0 amide bonds. The monoisotopic (exact) mass is 296 g/mol. The average molecular weight is 296 g/mol. The minimum atomic E-state index is -2.73. The Morgan fingerprint density at radius 3 is 2.81 bits per heavy atom. The van der Waals surface area contributed by atoms with Gasteiger partial charge in [-0.1, -0.05) is 6.07 Å². The molecule has 2 rings (SSSR count). The van der Waals surface area contributed by atoms with E-state index in [1.807, 2.05) is 6.92 Å². The highest BCUT2D eigenvalue weighted by Gasteiger charge is 2.21. The number of fused-ring (bicyclic) bond motifs is 1. The third kappa shape index (κ3) is 4.01. The number of benzene rings is 1. The second kappa shape index (κ2) is 5.81. The van der Waals surface area contributed by atoms with Crippen LogP contribution >= 0.6 is 0 Å². The van der Waals surface area contributed by atoms with E-state index >= 15 is 0 Å². The first-order chi connectivity index (χ1) is 9.76. The molecule has 1 atom stereocenters. The van der Waals surface area contributed by atoms with E-state index in [-0.39, 0.29) is 18.2 Å². The first-order valence-corrected chi connectivity index (χ1v) is 6.71. The maximum absolute atomic E-state index is 12.8. The maximum Gasteiger partial charge on any atom is 0.335 e. The van der Waals surface area contributed by atoms with Gasteiger partial charge in [-0.15, -0.1) is 0 Å². The second-order valence-corrected chi connectivity index (χ2v) is 5.44. The summed E-state index contributed by atoms with van der Waals surface area (Å²) < 4.78 is 25.6. The van der Waals surface area contributed by atoms with Gasteiger partial charge < -0.3 is 15.4 Å². The van der Waals surface area contributed by atoms with E-state index in [1.54, 1.807) is 24.4 Å². The third-order valence-corrected chi connectivity index (χ3v) is 3.30. The van der Waals surface area contributed by atoms with Crippen molar-refractivity contribution in [1.29, 1.82) is 0 Å². The van der Waals surface area contributed by atoms with E-state index < -0.39 is 11.9 Å². The number of carboxylic acids is 1. The molecule has 114 valence electrons. The van der Waals surface area contributed by atoms with Gasteiger partial charge in [-0.05, 0) is 31.0 Å². The molecule has 3 N–H and O–H groups in total. The van der Waals surface area contributed by atoms with Gasteiger partial charge in [-0.25, -0.2) is 13.6 Å². The number of H-pyrrole nitrogens is 1. The van der Waals surface area contributed by atoms with Crippen LogP contribution in [0.3, 0.4) is 0 Å². The number of aromatic nitrogens is 1. The van der Waals surface area contributed by atoms with E-state index in [0.29, 0.717) is 6.42 Å². The van der Waals surface area contributed by atoms with Crippen LogP contribution in [0.2, 0.25) is 0 Å². The summed E-state index contributed by atoms with van der Waals surface area (Å²) in [6.07, 6.45) is 2.38. The molecule has 0 bridgehead atoms. The summed E-state index contributed by atoms with van der Waals surface area (Å²) in [5.74, 6) is -3.71. The summed E-state index contributed by atoms with van der Waals surface area (Å²) >= 11 is 0. The molecule has 4 nitrogen and oxygen atoms in total. The fraction of sp³-hybridized carbons (Fsp3) is 0.400. The van der Waals surface area contributed by atoms with Crippen molar-refractivity contribution in [3.63, 3.8) is 0 Å². The summed E-state index contributed by atoms with van der Waals surface area (Å²) in [5.41, 5.74) is 1.92. The largest absolute Gasteiger partial charge is 0.478 e. The topological polar surface area (TPSA) is 65.1 Å². The van der Waals surface area contributed by atoms with Gasteiger partial charge in [0.2, 0.25) is 0 Å². The number of nitrogens with one attached hydrogen (secondary N) is 2. The third-order valence-electron chi connectivity index (χ3n) is 3.30. The molecular weight excluding hydrogens is 278 g/mol. The number of carbonyl (C=O) groups is 1. The average Bonchev–Trinajstić information content (AvgIpc) is 2.78. The minimum Gasteiger partial charge on any atom is -0.478 e. The highest BCUT2D eigenvalue weighted by Crippen LogP contribution is 2.21. The number of halogens is 2. The first kappa shape index (κ1) is 15.4. The van der Waals surface area contributed by atoms with Gasteiger partial charge in [0, 0.05) is 30.1 Å². The molecule has 1 aromatic heterocycles. The molecule has 0 aliphatic rings. The molecule has 0 aliphatic carbocycles. The molecule has 0 saturated carbocycles. The molecule has 0 spiro atoms. The molecule has 2 aromatic rings. The van der Waals surface area contributed by atoms with Gasteiger partial charge in [0.25, 0.3) is 5.92 Å². The Morgan fingerprint density at radius 1 is 1.48 bits per heavy atom. The Hall–Kier alpha value is -1.95. The highest BCUT2D eigenvalue weighted by atomic mass is 19.3. The lowest BCUT2D eigenvalue weighted by Gasteiger charge is -2.17. The van der Waals surface area contributed by atoms with E-state index in [0.717, 1.165) is 23.4 Å². The van der Waals surface area contributed by atoms with Crippen molar-refractivity contribution in [3.8, 4) is 0 Å². The second-order valence-electron chi connectivity index (χ2n) is 5.44. The van der Waals surface area contributed by atoms with Gasteiger partial charge in [0.05, 0.1) is 12.1 Å². The minimum absolute atomic E-state index is 0.103. The summed E-state index contributed by atoms with van der Waals surface area (Å²) in [6.45, 7) is 2.36. The van der Waals surface area contributed by atoms with Crippen molar-refractivity contribution in [2.45, 2.75) is 32.2 Å². The molecule has 1 aromatic carbocycles. The molecular formula is C15H18F2N2O2. The lowest BCUT2D eigenvalue weighted by Crippen LogP contribution is -2.37. The van der Waals surface area contributed by atoms with Crippen molar-refractivity contribution < 1.29 is 18.7 Å². The van der Waals surface area contributed by atoms with Crippen molar-refractivity contribution >= 4 is 16.9 Å². The van der Waals surface area contributed by atoms with Crippen LogP contribution in [0.25, 0.3) is 10.9 Å². The molecule has 0 aliphatic heterocycles. The van der Waals surface area contributed by atoms with Crippen molar-refractivity contribution in [2.75, 3.05) is 6.54 Å². The smallest absolute Gasteiger partial charge is 0.335 e. The van der Waals surface area contributed by atoms with Crippen LogP contribution in [0.4, 0.5) is 8.78 Å². The van der Waals surface area contributed by atoms with Gasteiger partial charge in [0.15, 0.2) is 0 Å². The van der Waals surface area contributed by atoms with Crippen LogP contribution in [0.1, 0.15) is 29.8 Å². The lowest BCUT2D eigenvalue weighted by atomic mass is 10.0. The standard InChI is InChI=1S/C15H18F2N2O2/c1-9(19-8-15(2,16)17)5-11-7-18-13-6-10(14(20)21)3-4-12(11)13/h3-4,6-7,9,18-19H,5,8H2,1-2H3,(H,20,21)/t9-/m1/s1. The zero-order chi connectivity index (χ0) is 15.6. The summed E-state index contributed by atoms with van der Waals surface area (Å²) in [7, 11) is 0. The van der Waals surface area contributed by atoms with Crippen molar-refractivity contribution in [1.82, 2.24) is 10.3 Å². The number of hydrogen-bond acceptors (Lipinski definition) is 2. The molecule has 21 heavy (non-hydrogen) atoms. The Morgan fingerprint density at radius 2 is 2.19 bits per heavy atom. The fourth-order valence-electron chi connectivity index (χ4n) is 2.24. The van der Waals surface area contributed by atoms with Gasteiger partial charge in [-0.2, -0.15) is 0 Å². The summed E-state index contributed by atoms with van der Waals surface area (Å²) in [4.78, 5) is 13.9. The predicted octanol–water partition coefficient (Wildman–Crippen LogP) is 3.04. The summed E-state index contributed by atoms with van der Waals surface area (Å²) in [5, 5.41) is 12.7. The van der Waals surface area contributed by atoms with Crippen LogP contribution in [0, 0.1) is 0 Å². The molecule has 0 radical (unpaired) electrons. The number of alkyl halides is 2. The molecule has 0 unspecified atom stereocenters. The summed E-state index contributed by atoms with van der Waals surface area (Å²) in [6, 6.07) is 4.75. The Kier molecular flexibility index (Phi) is 4.27. The van der Waals surface area contributed by atoms with Gasteiger partial charge in [-0.3, -0.25) is 0 Å². The molecule has 0 fully saturated rings. The number of aromatic carboxylic acids is 1. The normalized spacial score (nSPS) is 13.5. The number of aromatic amines is 1. The van der Waals surface area contributed by atoms with E-state index in [4.69, 9.17) is 5.11 Å². The quantitative estimate of drug-likeness (QED) is 0.767. The first-order valence-electron chi connectivity index (χ1n) is 6.71. The molecule has 6 heteroatoms.